The average Bonchev–Trinajstić information content (AvgIpc) is 2.81. The van der Waals surface area contributed by atoms with Crippen molar-refractivity contribution in [1.29, 1.82) is 0 Å². The molecule has 0 saturated carbocycles. The van der Waals surface area contributed by atoms with Crippen LogP contribution in [0.1, 0.15) is 18.4 Å². The molecule has 1 aliphatic heterocycles. The van der Waals surface area contributed by atoms with Crippen molar-refractivity contribution in [3.8, 4) is 0 Å². The van der Waals surface area contributed by atoms with E-state index in [2.05, 4.69) is 32.4 Å². The van der Waals surface area contributed by atoms with Gasteiger partial charge in [0.25, 0.3) is 0 Å². The van der Waals surface area contributed by atoms with E-state index in [1.54, 1.807) is 6.20 Å². The lowest BCUT2D eigenvalue weighted by molar-refractivity contribution is 0.181. The van der Waals surface area contributed by atoms with Crippen molar-refractivity contribution in [2.75, 3.05) is 13.2 Å². The van der Waals surface area contributed by atoms with E-state index in [0.717, 1.165) is 36.9 Å². The van der Waals surface area contributed by atoms with Crippen LogP contribution >= 0.6 is 15.9 Å². The standard InChI is InChI=1S/C12H18BrN3O/c13-11-3-10(6-15-7-11)5-12(16-14)4-9-1-2-17-8-9/h3,6-7,9,12,16H,1-2,4-5,8,14H2. The molecule has 2 atom stereocenters. The number of rotatable bonds is 5. The van der Waals surface area contributed by atoms with Crippen molar-refractivity contribution < 1.29 is 4.74 Å². The van der Waals surface area contributed by atoms with E-state index in [0.29, 0.717) is 5.92 Å². The van der Waals surface area contributed by atoms with Crippen molar-refractivity contribution in [1.82, 2.24) is 10.4 Å². The maximum absolute atomic E-state index is 5.61. The molecule has 0 aromatic carbocycles. The van der Waals surface area contributed by atoms with Crippen LogP contribution in [0.5, 0.6) is 0 Å². The first-order chi connectivity index (χ1) is 8.28. The second kappa shape index (κ2) is 6.44. The molecule has 2 rings (SSSR count). The van der Waals surface area contributed by atoms with E-state index < -0.39 is 0 Å². The molecule has 0 radical (unpaired) electrons. The summed E-state index contributed by atoms with van der Waals surface area (Å²) in [6.07, 6.45) is 6.79. The Bertz CT molecular complexity index is 355. The van der Waals surface area contributed by atoms with Crippen molar-refractivity contribution in [3.63, 3.8) is 0 Å². The van der Waals surface area contributed by atoms with Gasteiger partial charge in [0.15, 0.2) is 0 Å². The molecular weight excluding hydrogens is 282 g/mol. The van der Waals surface area contributed by atoms with Gasteiger partial charge >= 0.3 is 0 Å². The van der Waals surface area contributed by atoms with Gasteiger partial charge in [-0.2, -0.15) is 0 Å². The summed E-state index contributed by atoms with van der Waals surface area (Å²) >= 11 is 3.43. The zero-order chi connectivity index (χ0) is 12.1. The van der Waals surface area contributed by atoms with Gasteiger partial charge in [-0.15, -0.1) is 0 Å². The summed E-state index contributed by atoms with van der Waals surface area (Å²) in [5.41, 5.74) is 4.09. The first-order valence-electron chi connectivity index (χ1n) is 5.91. The molecule has 17 heavy (non-hydrogen) atoms. The van der Waals surface area contributed by atoms with Gasteiger partial charge in [-0.05, 0) is 52.7 Å². The van der Waals surface area contributed by atoms with Gasteiger partial charge in [-0.25, -0.2) is 0 Å². The summed E-state index contributed by atoms with van der Waals surface area (Å²) in [5, 5.41) is 0. The average molecular weight is 300 g/mol. The van der Waals surface area contributed by atoms with E-state index in [9.17, 15) is 0 Å². The van der Waals surface area contributed by atoms with Crippen molar-refractivity contribution in [2.24, 2.45) is 11.8 Å². The Labute approximate surface area is 110 Å². The summed E-state index contributed by atoms with van der Waals surface area (Å²) in [6.45, 7) is 1.76. The van der Waals surface area contributed by atoms with Gasteiger partial charge in [0, 0.05) is 36.1 Å². The largest absolute Gasteiger partial charge is 0.381 e. The summed E-state index contributed by atoms with van der Waals surface area (Å²) in [6, 6.07) is 2.38. The van der Waals surface area contributed by atoms with Crippen LogP contribution in [0.4, 0.5) is 0 Å². The fourth-order valence-electron chi connectivity index (χ4n) is 2.23. The topological polar surface area (TPSA) is 60.2 Å². The number of nitrogens with one attached hydrogen (secondary N) is 1. The molecule has 1 aliphatic rings. The lowest BCUT2D eigenvalue weighted by Crippen LogP contribution is -2.38. The summed E-state index contributed by atoms with van der Waals surface area (Å²) in [5.74, 6) is 6.25. The molecule has 3 N–H and O–H groups in total. The normalized spacial score (nSPS) is 21.6. The zero-order valence-corrected chi connectivity index (χ0v) is 11.3. The molecule has 2 unspecified atom stereocenters. The quantitative estimate of drug-likeness (QED) is 0.641. The molecule has 1 aromatic rings. The van der Waals surface area contributed by atoms with Crippen LogP contribution in [-0.4, -0.2) is 24.2 Å². The third-order valence-electron chi connectivity index (χ3n) is 3.12. The van der Waals surface area contributed by atoms with E-state index in [1.807, 2.05) is 6.20 Å². The Hall–Kier alpha value is -0.490. The van der Waals surface area contributed by atoms with Crippen molar-refractivity contribution in [3.05, 3.63) is 28.5 Å². The molecule has 1 aromatic heterocycles. The maximum Gasteiger partial charge on any atom is 0.0495 e. The molecular formula is C12H18BrN3O. The highest BCUT2D eigenvalue weighted by Crippen LogP contribution is 2.20. The number of halogens is 1. The molecule has 0 spiro atoms. The molecule has 1 saturated heterocycles. The Morgan fingerprint density at radius 1 is 1.59 bits per heavy atom. The number of ether oxygens (including phenoxy) is 1. The molecule has 2 heterocycles. The van der Waals surface area contributed by atoms with Gasteiger partial charge < -0.3 is 4.74 Å². The lowest BCUT2D eigenvalue weighted by atomic mass is 9.95. The minimum atomic E-state index is 0.290. The van der Waals surface area contributed by atoms with Crippen LogP contribution in [0.25, 0.3) is 0 Å². The van der Waals surface area contributed by atoms with Gasteiger partial charge in [0.05, 0.1) is 0 Å². The van der Waals surface area contributed by atoms with Gasteiger partial charge in [0.2, 0.25) is 0 Å². The third kappa shape index (κ3) is 4.03. The van der Waals surface area contributed by atoms with E-state index in [4.69, 9.17) is 10.6 Å². The Morgan fingerprint density at radius 3 is 3.12 bits per heavy atom. The Balaban J connectivity index is 1.90. The van der Waals surface area contributed by atoms with Gasteiger partial charge in [0.1, 0.15) is 0 Å². The third-order valence-corrected chi connectivity index (χ3v) is 3.55. The van der Waals surface area contributed by atoms with Gasteiger partial charge in [-0.1, -0.05) is 0 Å². The van der Waals surface area contributed by atoms with Crippen LogP contribution in [-0.2, 0) is 11.2 Å². The number of hydrogen-bond acceptors (Lipinski definition) is 4. The van der Waals surface area contributed by atoms with Crippen molar-refractivity contribution in [2.45, 2.75) is 25.3 Å². The number of hydrazine groups is 1. The predicted octanol–water partition coefficient (Wildman–Crippen LogP) is 1.65. The highest BCUT2D eigenvalue weighted by Gasteiger charge is 2.20. The molecule has 0 aliphatic carbocycles. The Kier molecular flexibility index (Phi) is 4.91. The van der Waals surface area contributed by atoms with Crippen molar-refractivity contribution >= 4 is 15.9 Å². The number of pyridine rings is 1. The molecule has 5 heteroatoms. The first kappa shape index (κ1) is 13.0. The molecule has 94 valence electrons. The fraction of sp³-hybridized carbons (Fsp3) is 0.583. The highest BCUT2D eigenvalue weighted by atomic mass is 79.9. The molecule has 1 fully saturated rings. The van der Waals surface area contributed by atoms with E-state index in [1.165, 1.54) is 5.56 Å². The van der Waals surface area contributed by atoms with E-state index >= 15 is 0 Å². The molecule has 0 amide bonds. The van der Waals surface area contributed by atoms with Crippen LogP contribution in [0.3, 0.4) is 0 Å². The van der Waals surface area contributed by atoms with Crippen LogP contribution in [0.2, 0.25) is 0 Å². The fourth-order valence-corrected chi connectivity index (χ4v) is 2.65. The minimum Gasteiger partial charge on any atom is -0.381 e. The number of aromatic nitrogens is 1. The van der Waals surface area contributed by atoms with Gasteiger partial charge in [-0.3, -0.25) is 16.3 Å². The highest BCUT2D eigenvalue weighted by molar-refractivity contribution is 9.10. The van der Waals surface area contributed by atoms with E-state index in [-0.39, 0.29) is 6.04 Å². The minimum absolute atomic E-state index is 0.290. The maximum atomic E-state index is 5.61. The predicted molar refractivity (Wildman–Crippen MR) is 70.3 cm³/mol. The number of hydrogen-bond donors (Lipinski definition) is 2. The molecule has 4 nitrogen and oxygen atoms in total. The van der Waals surface area contributed by atoms with Crippen LogP contribution in [0.15, 0.2) is 22.9 Å². The number of nitrogens with two attached hydrogens (primary N) is 1. The Morgan fingerprint density at radius 2 is 2.47 bits per heavy atom. The zero-order valence-electron chi connectivity index (χ0n) is 9.73. The molecule has 0 bridgehead atoms. The lowest BCUT2D eigenvalue weighted by Gasteiger charge is -2.19. The second-order valence-electron chi connectivity index (χ2n) is 4.54. The van der Waals surface area contributed by atoms with Crippen LogP contribution in [0, 0.1) is 5.92 Å². The number of nitrogens with zero attached hydrogens (tertiary/aromatic N) is 1. The smallest absolute Gasteiger partial charge is 0.0495 e. The summed E-state index contributed by atoms with van der Waals surface area (Å²) in [7, 11) is 0. The monoisotopic (exact) mass is 299 g/mol. The first-order valence-corrected chi connectivity index (χ1v) is 6.70. The summed E-state index contributed by atoms with van der Waals surface area (Å²) < 4.78 is 6.39. The van der Waals surface area contributed by atoms with Crippen LogP contribution < -0.4 is 11.3 Å². The SMILES string of the molecule is NNC(Cc1cncc(Br)c1)CC1CCOC1. The summed E-state index contributed by atoms with van der Waals surface area (Å²) in [4.78, 5) is 4.16. The second-order valence-corrected chi connectivity index (χ2v) is 5.46.